The maximum Gasteiger partial charge on any atom is 0.320 e. The molecule has 0 radical (unpaired) electrons. The number of hydrogen-bond acceptors (Lipinski definition) is 4. The van der Waals surface area contributed by atoms with Crippen LogP contribution in [0.4, 0.5) is 0 Å². The van der Waals surface area contributed by atoms with E-state index in [1.807, 2.05) is 6.92 Å². The molecular weight excluding hydrogens is 222 g/mol. The number of rotatable bonds is 11. The van der Waals surface area contributed by atoms with Crippen LogP contribution >= 0.6 is 0 Å². The van der Waals surface area contributed by atoms with Crippen molar-refractivity contribution in [3.63, 3.8) is 0 Å². The molecule has 0 amide bonds. The van der Waals surface area contributed by atoms with Crippen LogP contribution in [-0.2, 0) is 9.53 Å². The van der Waals surface area contributed by atoms with Crippen LogP contribution in [0, 0.1) is 0 Å². The van der Waals surface area contributed by atoms with E-state index in [4.69, 9.17) is 9.84 Å². The Morgan fingerprint density at radius 2 is 2.06 bits per heavy atom. The number of aliphatic carboxylic acids is 1. The third-order valence-corrected chi connectivity index (χ3v) is 2.43. The normalized spacial score (nSPS) is 14.5. The molecule has 0 aliphatic carbocycles. The van der Waals surface area contributed by atoms with E-state index in [9.17, 15) is 9.90 Å². The first-order chi connectivity index (χ1) is 8.11. The van der Waals surface area contributed by atoms with Crippen molar-refractivity contribution >= 4 is 5.97 Å². The summed E-state index contributed by atoms with van der Waals surface area (Å²) in [6.07, 6.45) is 2.76. The van der Waals surface area contributed by atoms with Crippen LogP contribution in [0.5, 0.6) is 0 Å². The fourth-order valence-electron chi connectivity index (χ4n) is 1.40. The molecule has 0 aromatic rings. The Balaban J connectivity index is 3.65. The minimum Gasteiger partial charge on any atom is -0.480 e. The average Bonchev–Trinajstić information content (AvgIpc) is 2.29. The van der Waals surface area contributed by atoms with Gasteiger partial charge >= 0.3 is 5.97 Å². The van der Waals surface area contributed by atoms with E-state index < -0.39 is 18.1 Å². The topological polar surface area (TPSA) is 78.8 Å². The lowest BCUT2D eigenvalue weighted by Gasteiger charge is -2.17. The van der Waals surface area contributed by atoms with Gasteiger partial charge in [0.05, 0.1) is 12.7 Å². The highest BCUT2D eigenvalue weighted by Gasteiger charge is 2.16. The van der Waals surface area contributed by atoms with E-state index >= 15 is 0 Å². The highest BCUT2D eigenvalue weighted by molar-refractivity contribution is 5.73. The molecule has 2 atom stereocenters. The number of carboxylic acid groups (broad SMARTS) is 1. The van der Waals surface area contributed by atoms with Crippen molar-refractivity contribution in [1.82, 2.24) is 5.32 Å². The zero-order valence-corrected chi connectivity index (χ0v) is 10.8. The van der Waals surface area contributed by atoms with E-state index in [2.05, 4.69) is 12.2 Å². The zero-order valence-electron chi connectivity index (χ0n) is 10.8. The monoisotopic (exact) mass is 247 g/mol. The van der Waals surface area contributed by atoms with Gasteiger partial charge in [0.15, 0.2) is 0 Å². The quantitative estimate of drug-likeness (QED) is 0.475. The zero-order chi connectivity index (χ0) is 13.1. The predicted octanol–water partition coefficient (Wildman–Crippen LogP) is 1.01. The van der Waals surface area contributed by atoms with Gasteiger partial charge in [-0.05, 0) is 12.8 Å². The van der Waals surface area contributed by atoms with Gasteiger partial charge in [-0.2, -0.15) is 0 Å². The summed E-state index contributed by atoms with van der Waals surface area (Å²) in [5.74, 6) is -0.869. The number of unbranched alkanes of at least 4 members (excludes halogenated alkanes) is 1. The van der Waals surface area contributed by atoms with Crippen molar-refractivity contribution in [2.45, 2.75) is 51.7 Å². The standard InChI is InChI=1S/C12H25NO4/c1-3-5-7-17-9-10(14)8-13-11(6-4-2)12(15)16/h10-11,13-14H,3-9H2,1-2H3,(H,15,16). The molecule has 0 aromatic carbocycles. The van der Waals surface area contributed by atoms with Crippen LogP contribution in [0.2, 0.25) is 0 Å². The number of nitrogens with one attached hydrogen (secondary N) is 1. The summed E-state index contributed by atoms with van der Waals surface area (Å²) in [4.78, 5) is 10.8. The molecule has 0 fully saturated rings. The van der Waals surface area contributed by atoms with Crippen LogP contribution in [0.15, 0.2) is 0 Å². The van der Waals surface area contributed by atoms with Crippen LogP contribution in [0.1, 0.15) is 39.5 Å². The van der Waals surface area contributed by atoms with Crippen LogP contribution in [-0.4, -0.2) is 48.1 Å². The van der Waals surface area contributed by atoms with Crippen LogP contribution in [0.3, 0.4) is 0 Å². The highest BCUT2D eigenvalue weighted by Crippen LogP contribution is 1.97. The molecule has 2 unspecified atom stereocenters. The first-order valence-electron chi connectivity index (χ1n) is 6.33. The first kappa shape index (κ1) is 16.4. The van der Waals surface area contributed by atoms with Crippen molar-refractivity contribution < 1.29 is 19.7 Å². The van der Waals surface area contributed by atoms with Gasteiger partial charge in [0.1, 0.15) is 6.04 Å². The summed E-state index contributed by atoms with van der Waals surface area (Å²) < 4.78 is 5.25. The van der Waals surface area contributed by atoms with Crippen molar-refractivity contribution in [2.24, 2.45) is 0 Å². The lowest BCUT2D eigenvalue weighted by Crippen LogP contribution is -2.42. The number of ether oxygens (including phenoxy) is 1. The molecule has 17 heavy (non-hydrogen) atoms. The number of carboxylic acids is 1. The second-order valence-corrected chi connectivity index (χ2v) is 4.17. The van der Waals surface area contributed by atoms with Gasteiger partial charge in [-0.25, -0.2) is 0 Å². The second-order valence-electron chi connectivity index (χ2n) is 4.17. The third-order valence-electron chi connectivity index (χ3n) is 2.43. The molecule has 5 nitrogen and oxygen atoms in total. The maximum absolute atomic E-state index is 10.8. The summed E-state index contributed by atoms with van der Waals surface area (Å²) in [5, 5.41) is 21.3. The summed E-state index contributed by atoms with van der Waals surface area (Å²) in [5.41, 5.74) is 0. The predicted molar refractivity (Wildman–Crippen MR) is 66.1 cm³/mol. The van der Waals surface area contributed by atoms with Crippen LogP contribution in [0.25, 0.3) is 0 Å². The van der Waals surface area contributed by atoms with Gasteiger partial charge in [0, 0.05) is 13.2 Å². The second kappa shape index (κ2) is 10.5. The molecule has 0 aliphatic rings. The van der Waals surface area contributed by atoms with Gasteiger partial charge < -0.3 is 20.3 Å². The van der Waals surface area contributed by atoms with Crippen LogP contribution < -0.4 is 5.32 Å². The molecule has 0 aliphatic heterocycles. The Morgan fingerprint density at radius 1 is 1.35 bits per heavy atom. The van der Waals surface area contributed by atoms with Gasteiger partial charge in [0.2, 0.25) is 0 Å². The maximum atomic E-state index is 10.8. The molecule has 0 spiro atoms. The molecule has 0 saturated carbocycles. The first-order valence-corrected chi connectivity index (χ1v) is 6.33. The van der Waals surface area contributed by atoms with E-state index in [-0.39, 0.29) is 13.2 Å². The number of aliphatic hydroxyl groups excluding tert-OH is 1. The fourth-order valence-corrected chi connectivity index (χ4v) is 1.40. The Labute approximate surface area is 103 Å². The molecule has 3 N–H and O–H groups in total. The van der Waals surface area contributed by atoms with E-state index in [1.54, 1.807) is 0 Å². The lowest BCUT2D eigenvalue weighted by molar-refractivity contribution is -0.139. The Morgan fingerprint density at radius 3 is 2.59 bits per heavy atom. The Kier molecular flexibility index (Phi) is 10.1. The van der Waals surface area contributed by atoms with Gasteiger partial charge in [0.25, 0.3) is 0 Å². The SMILES string of the molecule is CCCCOCC(O)CNC(CCC)C(=O)O. The molecule has 0 aromatic heterocycles. The minimum atomic E-state index is -0.869. The Hall–Kier alpha value is -0.650. The lowest BCUT2D eigenvalue weighted by atomic mass is 10.1. The summed E-state index contributed by atoms with van der Waals surface area (Å²) in [6.45, 7) is 5.16. The molecule has 0 rings (SSSR count). The largest absolute Gasteiger partial charge is 0.480 e. The Bertz CT molecular complexity index is 199. The fraction of sp³-hybridized carbons (Fsp3) is 0.917. The number of hydrogen-bond donors (Lipinski definition) is 3. The van der Waals surface area contributed by atoms with E-state index in [0.717, 1.165) is 19.3 Å². The molecule has 0 saturated heterocycles. The van der Waals surface area contributed by atoms with Crippen molar-refractivity contribution in [1.29, 1.82) is 0 Å². The van der Waals surface area contributed by atoms with Crippen molar-refractivity contribution in [3.05, 3.63) is 0 Å². The summed E-state index contributed by atoms with van der Waals surface area (Å²) >= 11 is 0. The smallest absolute Gasteiger partial charge is 0.320 e. The van der Waals surface area contributed by atoms with Gasteiger partial charge in [-0.1, -0.05) is 26.7 Å². The average molecular weight is 247 g/mol. The highest BCUT2D eigenvalue weighted by atomic mass is 16.5. The van der Waals surface area contributed by atoms with Crippen molar-refractivity contribution in [2.75, 3.05) is 19.8 Å². The summed E-state index contributed by atoms with van der Waals surface area (Å²) in [6, 6.07) is -0.578. The number of carbonyl (C=O) groups is 1. The number of aliphatic hydroxyl groups is 1. The van der Waals surface area contributed by atoms with Gasteiger partial charge in [-0.15, -0.1) is 0 Å². The van der Waals surface area contributed by atoms with Crippen molar-refractivity contribution in [3.8, 4) is 0 Å². The van der Waals surface area contributed by atoms with Gasteiger partial charge in [-0.3, -0.25) is 4.79 Å². The molecule has 5 heteroatoms. The molecular formula is C12H25NO4. The third kappa shape index (κ3) is 9.09. The van der Waals surface area contributed by atoms with E-state index in [0.29, 0.717) is 13.0 Å². The minimum absolute atomic E-state index is 0.253. The van der Waals surface area contributed by atoms with E-state index in [1.165, 1.54) is 0 Å². The summed E-state index contributed by atoms with van der Waals surface area (Å²) in [7, 11) is 0. The molecule has 0 heterocycles. The molecule has 0 bridgehead atoms. The molecule has 102 valence electrons.